The molecule has 0 bridgehead atoms. The SMILES string of the molecule is COc1cccc(NC(=O)[C@H](OC(=O)c2cc(OC)ccc2OC)c2ccccc2)c1. The van der Waals surface area contributed by atoms with Crippen LogP contribution in [0.4, 0.5) is 5.69 Å². The number of carbonyl (C=O) groups is 2. The predicted octanol–water partition coefficient (Wildman–Crippen LogP) is 4.25. The first-order valence-electron chi connectivity index (χ1n) is 9.48. The van der Waals surface area contributed by atoms with Gasteiger partial charge in [0.05, 0.1) is 21.3 Å². The number of anilines is 1. The number of carbonyl (C=O) groups excluding carboxylic acids is 2. The van der Waals surface area contributed by atoms with Gasteiger partial charge in [0.1, 0.15) is 22.8 Å². The Morgan fingerprint density at radius 2 is 1.48 bits per heavy atom. The van der Waals surface area contributed by atoms with Crippen molar-refractivity contribution in [2.75, 3.05) is 26.6 Å². The summed E-state index contributed by atoms with van der Waals surface area (Å²) < 4.78 is 21.3. The second-order valence-electron chi connectivity index (χ2n) is 6.48. The quantitative estimate of drug-likeness (QED) is 0.548. The summed E-state index contributed by atoms with van der Waals surface area (Å²) in [5.41, 5.74) is 1.19. The summed E-state index contributed by atoms with van der Waals surface area (Å²) in [4.78, 5) is 26.0. The second kappa shape index (κ2) is 10.2. The van der Waals surface area contributed by atoms with Gasteiger partial charge in [0.15, 0.2) is 0 Å². The van der Waals surface area contributed by atoms with Gasteiger partial charge in [-0.3, -0.25) is 4.79 Å². The third-order valence-corrected chi connectivity index (χ3v) is 4.53. The molecule has 0 heterocycles. The van der Waals surface area contributed by atoms with Crippen molar-refractivity contribution in [3.63, 3.8) is 0 Å². The monoisotopic (exact) mass is 421 g/mol. The van der Waals surface area contributed by atoms with E-state index in [2.05, 4.69) is 5.32 Å². The van der Waals surface area contributed by atoms with Crippen molar-refractivity contribution in [1.82, 2.24) is 0 Å². The van der Waals surface area contributed by atoms with Crippen LogP contribution in [0.15, 0.2) is 72.8 Å². The van der Waals surface area contributed by atoms with E-state index in [0.717, 1.165) is 0 Å². The van der Waals surface area contributed by atoms with Crippen LogP contribution in [0.1, 0.15) is 22.0 Å². The van der Waals surface area contributed by atoms with E-state index in [1.807, 2.05) is 6.07 Å². The van der Waals surface area contributed by atoms with E-state index in [9.17, 15) is 9.59 Å². The Labute approximate surface area is 180 Å². The maximum Gasteiger partial charge on any atom is 0.343 e. The summed E-state index contributed by atoms with van der Waals surface area (Å²) in [7, 11) is 4.48. The van der Waals surface area contributed by atoms with Crippen LogP contribution in [-0.4, -0.2) is 33.2 Å². The minimum atomic E-state index is -1.18. The van der Waals surface area contributed by atoms with Crippen LogP contribution in [0.5, 0.6) is 17.2 Å². The normalized spacial score (nSPS) is 11.2. The molecule has 1 N–H and O–H groups in total. The lowest BCUT2D eigenvalue weighted by Gasteiger charge is -2.19. The number of ether oxygens (including phenoxy) is 4. The molecule has 0 aromatic heterocycles. The van der Waals surface area contributed by atoms with E-state index in [-0.39, 0.29) is 5.56 Å². The number of nitrogens with one attached hydrogen (secondary N) is 1. The highest BCUT2D eigenvalue weighted by Gasteiger charge is 2.27. The minimum absolute atomic E-state index is 0.150. The fraction of sp³-hybridized carbons (Fsp3) is 0.167. The van der Waals surface area contributed by atoms with Gasteiger partial charge in [0.2, 0.25) is 6.10 Å². The fourth-order valence-electron chi connectivity index (χ4n) is 2.95. The molecule has 31 heavy (non-hydrogen) atoms. The van der Waals surface area contributed by atoms with E-state index in [4.69, 9.17) is 18.9 Å². The topological polar surface area (TPSA) is 83.1 Å². The number of hydrogen-bond acceptors (Lipinski definition) is 6. The number of amides is 1. The van der Waals surface area contributed by atoms with Crippen molar-refractivity contribution in [2.45, 2.75) is 6.10 Å². The van der Waals surface area contributed by atoms with Gasteiger partial charge in [-0.15, -0.1) is 0 Å². The van der Waals surface area contributed by atoms with E-state index < -0.39 is 18.0 Å². The zero-order valence-corrected chi connectivity index (χ0v) is 17.5. The number of benzene rings is 3. The summed E-state index contributed by atoms with van der Waals surface area (Å²) >= 11 is 0. The lowest BCUT2D eigenvalue weighted by Crippen LogP contribution is -2.26. The third kappa shape index (κ3) is 5.33. The molecule has 7 heteroatoms. The van der Waals surface area contributed by atoms with Crippen LogP contribution >= 0.6 is 0 Å². The van der Waals surface area contributed by atoms with Crippen LogP contribution in [0, 0.1) is 0 Å². The van der Waals surface area contributed by atoms with Crippen LogP contribution in [0.2, 0.25) is 0 Å². The number of hydrogen-bond donors (Lipinski definition) is 1. The van der Waals surface area contributed by atoms with Crippen molar-refractivity contribution in [2.24, 2.45) is 0 Å². The molecular weight excluding hydrogens is 398 g/mol. The Morgan fingerprint density at radius 3 is 2.16 bits per heavy atom. The first kappa shape index (κ1) is 21.7. The smallest absolute Gasteiger partial charge is 0.343 e. The Kier molecular flexibility index (Phi) is 7.11. The van der Waals surface area contributed by atoms with E-state index >= 15 is 0 Å². The van der Waals surface area contributed by atoms with Crippen molar-refractivity contribution in [1.29, 1.82) is 0 Å². The van der Waals surface area contributed by atoms with Gasteiger partial charge in [-0.2, -0.15) is 0 Å². The molecule has 3 aromatic carbocycles. The van der Waals surface area contributed by atoms with E-state index in [1.165, 1.54) is 27.4 Å². The molecule has 0 spiro atoms. The number of rotatable bonds is 8. The molecule has 7 nitrogen and oxygen atoms in total. The standard InChI is InChI=1S/C24H23NO6/c1-28-18-11-7-10-17(14-18)25-23(26)22(16-8-5-4-6-9-16)31-24(27)20-15-19(29-2)12-13-21(20)30-3/h4-15,22H,1-3H3,(H,25,26)/t22-/m1/s1. The average Bonchev–Trinajstić information content (AvgIpc) is 2.82. The molecule has 0 aliphatic rings. The zero-order chi connectivity index (χ0) is 22.2. The molecule has 0 aliphatic carbocycles. The van der Waals surface area contributed by atoms with E-state index in [1.54, 1.807) is 60.7 Å². The molecule has 160 valence electrons. The van der Waals surface area contributed by atoms with Gasteiger partial charge in [-0.1, -0.05) is 36.4 Å². The number of methoxy groups -OCH3 is 3. The molecular formula is C24H23NO6. The Morgan fingerprint density at radius 1 is 0.774 bits per heavy atom. The van der Waals surface area contributed by atoms with Crippen molar-refractivity contribution in [3.8, 4) is 17.2 Å². The highest BCUT2D eigenvalue weighted by molar-refractivity contribution is 5.99. The van der Waals surface area contributed by atoms with Crippen LogP contribution in [-0.2, 0) is 9.53 Å². The number of esters is 1. The molecule has 3 aromatic rings. The summed E-state index contributed by atoms with van der Waals surface area (Å²) in [6.45, 7) is 0. The van der Waals surface area contributed by atoms with Gasteiger partial charge in [-0.05, 0) is 30.3 Å². The molecule has 1 amide bonds. The molecule has 0 aliphatic heterocycles. The average molecular weight is 421 g/mol. The molecule has 0 radical (unpaired) electrons. The maximum atomic E-state index is 13.1. The van der Waals surface area contributed by atoms with Gasteiger partial charge < -0.3 is 24.3 Å². The third-order valence-electron chi connectivity index (χ3n) is 4.53. The minimum Gasteiger partial charge on any atom is -0.497 e. The molecule has 0 saturated heterocycles. The highest BCUT2D eigenvalue weighted by atomic mass is 16.6. The van der Waals surface area contributed by atoms with Crippen LogP contribution in [0.3, 0.4) is 0 Å². The summed E-state index contributed by atoms with van der Waals surface area (Å²) in [6.07, 6.45) is -1.18. The zero-order valence-electron chi connectivity index (χ0n) is 17.5. The lowest BCUT2D eigenvalue weighted by atomic mass is 10.1. The van der Waals surface area contributed by atoms with Gasteiger partial charge in [0, 0.05) is 17.3 Å². The predicted molar refractivity (Wildman–Crippen MR) is 116 cm³/mol. The molecule has 1 atom stereocenters. The van der Waals surface area contributed by atoms with Gasteiger partial charge >= 0.3 is 5.97 Å². The van der Waals surface area contributed by atoms with Crippen molar-refractivity contribution in [3.05, 3.63) is 83.9 Å². The Bertz CT molecular complexity index is 1050. The summed E-state index contributed by atoms with van der Waals surface area (Å²) in [5, 5.41) is 2.77. The second-order valence-corrected chi connectivity index (χ2v) is 6.48. The first-order valence-corrected chi connectivity index (χ1v) is 9.48. The van der Waals surface area contributed by atoms with Crippen LogP contribution in [0.25, 0.3) is 0 Å². The largest absolute Gasteiger partial charge is 0.497 e. The molecule has 0 saturated carbocycles. The Balaban J connectivity index is 1.89. The summed E-state index contributed by atoms with van der Waals surface area (Å²) in [6, 6.07) is 20.4. The first-order chi connectivity index (χ1) is 15.0. The van der Waals surface area contributed by atoms with Crippen molar-refractivity contribution >= 4 is 17.6 Å². The molecule has 0 unspecified atom stereocenters. The van der Waals surface area contributed by atoms with E-state index in [0.29, 0.717) is 28.5 Å². The molecule has 3 rings (SSSR count). The van der Waals surface area contributed by atoms with Gasteiger partial charge in [-0.25, -0.2) is 4.79 Å². The van der Waals surface area contributed by atoms with Crippen molar-refractivity contribution < 1.29 is 28.5 Å². The fourth-order valence-corrected chi connectivity index (χ4v) is 2.95. The maximum absolute atomic E-state index is 13.1. The molecule has 0 fully saturated rings. The lowest BCUT2D eigenvalue weighted by molar-refractivity contribution is -0.125. The highest BCUT2D eigenvalue weighted by Crippen LogP contribution is 2.28. The van der Waals surface area contributed by atoms with Crippen LogP contribution < -0.4 is 19.5 Å². The Hall–Kier alpha value is -4.00. The van der Waals surface area contributed by atoms with Gasteiger partial charge in [0.25, 0.3) is 5.91 Å². The summed E-state index contributed by atoms with van der Waals surface area (Å²) in [5.74, 6) is 0.142.